The van der Waals surface area contributed by atoms with Gasteiger partial charge in [0.05, 0.1) is 6.61 Å². The molecule has 0 radical (unpaired) electrons. The Bertz CT molecular complexity index is 171. The van der Waals surface area contributed by atoms with E-state index in [2.05, 4.69) is 10.1 Å². The lowest BCUT2D eigenvalue weighted by Gasteiger charge is -2.21. The van der Waals surface area contributed by atoms with E-state index in [0.717, 1.165) is 19.4 Å². The lowest BCUT2D eigenvalue weighted by atomic mass is 10.0. The van der Waals surface area contributed by atoms with E-state index in [-0.39, 0.29) is 13.2 Å². The normalized spacial score (nSPS) is 19.4. The number of nitrogens with one attached hydrogen (secondary N) is 1. The highest BCUT2D eigenvalue weighted by Gasteiger charge is 2.28. The van der Waals surface area contributed by atoms with Crippen molar-refractivity contribution in [1.29, 1.82) is 0 Å². The van der Waals surface area contributed by atoms with Gasteiger partial charge in [-0.3, -0.25) is 4.74 Å². The molecule has 1 aliphatic heterocycles. The van der Waals surface area contributed by atoms with Crippen LogP contribution in [0.1, 0.15) is 12.8 Å². The van der Waals surface area contributed by atoms with Gasteiger partial charge in [0.25, 0.3) is 0 Å². The molecule has 15 heavy (non-hydrogen) atoms. The summed E-state index contributed by atoms with van der Waals surface area (Å²) in [7, 11) is 0. The number of rotatable bonds is 5. The molecule has 0 aromatic carbocycles. The Labute approximate surface area is 91.9 Å². The van der Waals surface area contributed by atoms with Crippen molar-refractivity contribution in [2.75, 3.05) is 31.2 Å². The van der Waals surface area contributed by atoms with Crippen LogP contribution in [0, 0.1) is 5.92 Å². The fraction of sp³-hybridized carbons (Fsp3) is 1.00. The number of thioether (sulfide) groups is 1. The third kappa shape index (κ3) is 7.03. The number of alkyl halides is 3. The smallest absolute Gasteiger partial charge is 0.314 e. The first-order valence-electron chi connectivity index (χ1n) is 5.07. The van der Waals surface area contributed by atoms with E-state index in [0.29, 0.717) is 5.92 Å². The zero-order valence-electron chi connectivity index (χ0n) is 8.48. The Hall–Kier alpha value is 0.0600. The third-order valence-electron chi connectivity index (χ3n) is 2.32. The summed E-state index contributed by atoms with van der Waals surface area (Å²) >= 11 is 1.94. The molecule has 1 N–H and O–H groups in total. The standard InChI is InChI=1S/C9H16F3NOS/c10-9(11,12)14-4-3-13-7-8-1-5-15-6-2-8/h8,13H,1-7H2. The molecular formula is C9H16F3NOS. The van der Waals surface area contributed by atoms with E-state index in [1.807, 2.05) is 11.8 Å². The fourth-order valence-corrected chi connectivity index (χ4v) is 2.70. The Kier molecular flexibility index (Phi) is 5.78. The van der Waals surface area contributed by atoms with Gasteiger partial charge in [-0.2, -0.15) is 11.8 Å². The number of halogens is 3. The average molecular weight is 243 g/mol. The topological polar surface area (TPSA) is 21.3 Å². The summed E-state index contributed by atoms with van der Waals surface area (Å²) in [6.45, 7) is 0.774. The first kappa shape index (κ1) is 13.1. The van der Waals surface area contributed by atoms with Gasteiger partial charge in [-0.05, 0) is 36.8 Å². The van der Waals surface area contributed by atoms with E-state index < -0.39 is 6.36 Å². The van der Waals surface area contributed by atoms with Gasteiger partial charge in [0.2, 0.25) is 0 Å². The van der Waals surface area contributed by atoms with E-state index >= 15 is 0 Å². The van der Waals surface area contributed by atoms with Gasteiger partial charge in [0.15, 0.2) is 0 Å². The van der Waals surface area contributed by atoms with Gasteiger partial charge in [0, 0.05) is 6.54 Å². The minimum atomic E-state index is -4.50. The highest BCUT2D eigenvalue weighted by Crippen LogP contribution is 2.21. The molecule has 0 amide bonds. The summed E-state index contributed by atoms with van der Waals surface area (Å²) in [6, 6.07) is 0. The molecule has 1 rings (SSSR count). The van der Waals surface area contributed by atoms with Crippen molar-refractivity contribution in [2.24, 2.45) is 5.92 Å². The van der Waals surface area contributed by atoms with E-state index in [4.69, 9.17) is 0 Å². The van der Waals surface area contributed by atoms with Crippen molar-refractivity contribution in [3.8, 4) is 0 Å². The summed E-state index contributed by atoms with van der Waals surface area (Å²) in [4.78, 5) is 0. The Morgan fingerprint density at radius 2 is 1.93 bits per heavy atom. The van der Waals surface area contributed by atoms with Crippen LogP contribution in [0.4, 0.5) is 13.2 Å². The molecule has 0 unspecified atom stereocenters. The maximum Gasteiger partial charge on any atom is 0.522 e. The van der Waals surface area contributed by atoms with Crippen LogP contribution in [0.2, 0.25) is 0 Å². The van der Waals surface area contributed by atoms with E-state index in [9.17, 15) is 13.2 Å². The van der Waals surface area contributed by atoms with Gasteiger partial charge in [0.1, 0.15) is 0 Å². The SMILES string of the molecule is FC(F)(F)OCCNCC1CCSCC1. The van der Waals surface area contributed by atoms with Crippen LogP contribution in [0.5, 0.6) is 0 Å². The van der Waals surface area contributed by atoms with Crippen molar-refractivity contribution >= 4 is 11.8 Å². The quantitative estimate of drug-likeness (QED) is 0.748. The van der Waals surface area contributed by atoms with Crippen molar-refractivity contribution < 1.29 is 17.9 Å². The number of hydrogen-bond donors (Lipinski definition) is 1. The first-order valence-corrected chi connectivity index (χ1v) is 6.22. The molecule has 0 aliphatic carbocycles. The predicted molar refractivity (Wildman–Crippen MR) is 54.9 cm³/mol. The second kappa shape index (κ2) is 6.60. The largest absolute Gasteiger partial charge is 0.522 e. The number of hydrogen-bond acceptors (Lipinski definition) is 3. The van der Waals surface area contributed by atoms with E-state index in [1.165, 1.54) is 11.5 Å². The minimum Gasteiger partial charge on any atom is -0.314 e. The van der Waals surface area contributed by atoms with Crippen LogP contribution in [-0.2, 0) is 4.74 Å². The zero-order chi connectivity index (χ0) is 11.1. The predicted octanol–water partition coefficient (Wildman–Crippen LogP) is 2.26. The van der Waals surface area contributed by atoms with Crippen LogP contribution in [0.15, 0.2) is 0 Å². The Balaban J connectivity index is 1.92. The average Bonchev–Trinajstić information content (AvgIpc) is 2.17. The van der Waals surface area contributed by atoms with Crippen LogP contribution < -0.4 is 5.32 Å². The lowest BCUT2D eigenvalue weighted by molar-refractivity contribution is -0.323. The van der Waals surface area contributed by atoms with Gasteiger partial charge in [-0.15, -0.1) is 13.2 Å². The van der Waals surface area contributed by atoms with Crippen LogP contribution in [0.3, 0.4) is 0 Å². The summed E-state index contributed by atoms with van der Waals surface area (Å²) in [6.07, 6.45) is -2.17. The van der Waals surface area contributed by atoms with Crippen molar-refractivity contribution in [3.05, 3.63) is 0 Å². The number of ether oxygens (including phenoxy) is 1. The molecule has 0 aromatic rings. The second-order valence-corrected chi connectivity index (χ2v) is 4.78. The summed E-state index contributed by atoms with van der Waals surface area (Å²) in [5, 5.41) is 2.99. The molecule has 1 heterocycles. The highest BCUT2D eigenvalue weighted by atomic mass is 32.2. The van der Waals surface area contributed by atoms with Crippen LogP contribution in [0.25, 0.3) is 0 Å². The summed E-state index contributed by atoms with van der Waals surface area (Å²) in [5.41, 5.74) is 0. The van der Waals surface area contributed by atoms with E-state index in [1.54, 1.807) is 0 Å². The Morgan fingerprint density at radius 3 is 2.53 bits per heavy atom. The van der Waals surface area contributed by atoms with Gasteiger partial charge in [-0.1, -0.05) is 0 Å². The maximum absolute atomic E-state index is 11.6. The second-order valence-electron chi connectivity index (χ2n) is 3.55. The molecule has 0 bridgehead atoms. The third-order valence-corrected chi connectivity index (χ3v) is 3.37. The van der Waals surface area contributed by atoms with Crippen molar-refractivity contribution in [3.63, 3.8) is 0 Å². The Morgan fingerprint density at radius 1 is 1.27 bits per heavy atom. The molecule has 1 saturated heterocycles. The van der Waals surface area contributed by atoms with Crippen molar-refractivity contribution in [2.45, 2.75) is 19.2 Å². The molecule has 90 valence electrons. The molecule has 0 spiro atoms. The molecule has 0 atom stereocenters. The summed E-state index contributed by atoms with van der Waals surface area (Å²) in [5.74, 6) is 2.97. The first-order chi connectivity index (χ1) is 7.08. The van der Waals surface area contributed by atoms with Gasteiger partial charge < -0.3 is 5.32 Å². The monoisotopic (exact) mass is 243 g/mol. The molecule has 1 aliphatic rings. The molecule has 6 heteroatoms. The maximum atomic E-state index is 11.6. The molecule has 0 aromatic heterocycles. The van der Waals surface area contributed by atoms with Crippen LogP contribution >= 0.6 is 11.8 Å². The van der Waals surface area contributed by atoms with Crippen LogP contribution in [-0.4, -0.2) is 37.6 Å². The molecule has 0 saturated carbocycles. The summed E-state index contributed by atoms with van der Waals surface area (Å²) < 4.78 is 38.4. The molecular weight excluding hydrogens is 227 g/mol. The van der Waals surface area contributed by atoms with Crippen molar-refractivity contribution in [1.82, 2.24) is 5.32 Å². The zero-order valence-corrected chi connectivity index (χ0v) is 9.29. The lowest BCUT2D eigenvalue weighted by Crippen LogP contribution is -2.30. The van der Waals surface area contributed by atoms with Gasteiger partial charge >= 0.3 is 6.36 Å². The molecule has 2 nitrogen and oxygen atoms in total. The van der Waals surface area contributed by atoms with Gasteiger partial charge in [-0.25, -0.2) is 0 Å². The minimum absolute atomic E-state index is 0.267. The highest BCUT2D eigenvalue weighted by molar-refractivity contribution is 7.99. The fourth-order valence-electron chi connectivity index (χ4n) is 1.50. The molecule has 1 fully saturated rings.